The van der Waals surface area contributed by atoms with Gasteiger partial charge in [-0.15, -0.1) is 0 Å². The summed E-state index contributed by atoms with van der Waals surface area (Å²) in [5.74, 6) is -6.38. The molecular weight excluding hydrogens is 342 g/mol. The smallest absolute Gasteiger partial charge is 0.341 e. The van der Waals surface area contributed by atoms with Crippen molar-refractivity contribution in [1.29, 1.82) is 0 Å². The van der Waals surface area contributed by atoms with Crippen molar-refractivity contribution < 1.29 is 27.5 Å². The quantitative estimate of drug-likeness (QED) is 0.582. The average molecular weight is 351 g/mol. The van der Waals surface area contributed by atoms with Crippen LogP contribution in [0.2, 0.25) is 0 Å². The molecular formula is C17H9F4NO3. The lowest BCUT2D eigenvalue weighted by Gasteiger charge is -2.14. The van der Waals surface area contributed by atoms with Crippen LogP contribution in [0.1, 0.15) is 15.9 Å². The van der Waals surface area contributed by atoms with Gasteiger partial charge in [-0.25, -0.2) is 22.4 Å². The molecule has 0 saturated carbocycles. The van der Waals surface area contributed by atoms with Crippen molar-refractivity contribution in [2.75, 3.05) is 0 Å². The van der Waals surface area contributed by atoms with Crippen LogP contribution in [0.5, 0.6) is 0 Å². The third-order valence-electron chi connectivity index (χ3n) is 3.76. The average Bonchev–Trinajstić information content (AvgIpc) is 2.56. The molecule has 0 bridgehead atoms. The van der Waals surface area contributed by atoms with Crippen LogP contribution in [0.3, 0.4) is 0 Å². The van der Waals surface area contributed by atoms with E-state index in [4.69, 9.17) is 5.11 Å². The highest BCUT2D eigenvalue weighted by atomic mass is 19.2. The highest BCUT2D eigenvalue weighted by Crippen LogP contribution is 2.21. The number of hydrogen-bond donors (Lipinski definition) is 1. The lowest BCUT2D eigenvalue weighted by atomic mass is 10.1. The molecule has 3 aromatic rings. The summed E-state index contributed by atoms with van der Waals surface area (Å²) in [7, 11) is 0. The number of nitrogens with zero attached hydrogens (tertiary/aromatic N) is 1. The molecule has 0 fully saturated rings. The maximum absolute atomic E-state index is 14.0. The number of benzene rings is 2. The summed E-state index contributed by atoms with van der Waals surface area (Å²) in [6.07, 6.45) is 0.843. The second-order valence-electron chi connectivity index (χ2n) is 5.26. The van der Waals surface area contributed by atoms with Gasteiger partial charge >= 0.3 is 5.97 Å². The number of carboxylic acid groups (broad SMARTS) is 1. The summed E-state index contributed by atoms with van der Waals surface area (Å²) >= 11 is 0. The number of aromatic carboxylic acids is 1. The van der Waals surface area contributed by atoms with Gasteiger partial charge in [0.15, 0.2) is 11.6 Å². The Morgan fingerprint density at radius 1 is 1.00 bits per heavy atom. The molecule has 0 amide bonds. The zero-order chi connectivity index (χ0) is 18.3. The zero-order valence-corrected chi connectivity index (χ0v) is 12.4. The maximum atomic E-state index is 14.0. The molecule has 8 heteroatoms. The van der Waals surface area contributed by atoms with Gasteiger partial charge in [-0.3, -0.25) is 4.79 Å². The lowest BCUT2D eigenvalue weighted by Crippen LogP contribution is -2.20. The van der Waals surface area contributed by atoms with Crippen molar-refractivity contribution in [2.45, 2.75) is 6.54 Å². The summed E-state index contributed by atoms with van der Waals surface area (Å²) in [5, 5.41) is 8.59. The van der Waals surface area contributed by atoms with Gasteiger partial charge < -0.3 is 9.67 Å². The highest BCUT2D eigenvalue weighted by molar-refractivity contribution is 5.92. The number of rotatable bonds is 3. The second-order valence-corrected chi connectivity index (χ2v) is 5.26. The summed E-state index contributed by atoms with van der Waals surface area (Å²) in [5.41, 5.74) is -2.57. The topological polar surface area (TPSA) is 59.3 Å². The van der Waals surface area contributed by atoms with E-state index >= 15 is 0 Å². The highest BCUT2D eigenvalue weighted by Gasteiger charge is 2.20. The summed E-state index contributed by atoms with van der Waals surface area (Å²) in [6.45, 7) is -0.629. The molecule has 1 heterocycles. The Morgan fingerprint density at radius 2 is 1.68 bits per heavy atom. The van der Waals surface area contributed by atoms with Crippen molar-refractivity contribution in [3.63, 3.8) is 0 Å². The van der Waals surface area contributed by atoms with Gasteiger partial charge in [-0.1, -0.05) is 6.07 Å². The maximum Gasteiger partial charge on any atom is 0.341 e. The van der Waals surface area contributed by atoms with Crippen LogP contribution < -0.4 is 5.43 Å². The number of fused-ring (bicyclic) bond motifs is 1. The van der Waals surface area contributed by atoms with E-state index in [9.17, 15) is 27.2 Å². The number of carboxylic acids is 1. The fourth-order valence-corrected chi connectivity index (χ4v) is 2.56. The zero-order valence-electron chi connectivity index (χ0n) is 12.4. The van der Waals surface area contributed by atoms with Gasteiger partial charge in [0.05, 0.1) is 17.4 Å². The van der Waals surface area contributed by atoms with Crippen LogP contribution >= 0.6 is 0 Å². The van der Waals surface area contributed by atoms with Crippen LogP contribution in [-0.4, -0.2) is 15.6 Å². The molecule has 0 aliphatic carbocycles. The first-order valence-electron chi connectivity index (χ1n) is 6.98. The van der Waals surface area contributed by atoms with Crippen LogP contribution in [-0.2, 0) is 6.54 Å². The summed E-state index contributed by atoms with van der Waals surface area (Å²) in [4.78, 5) is 23.4. The number of hydrogen-bond acceptors (Lipinski definition) is 2. The number of pyridine rings is 1. The molecule has 0 aliphatic rings. The van der Waals surface area contributed by atoms with Gasteiger partial charge in [-0.05, 0) is 24.3 Å². The van der Waals surface area contributed by atoms with Gasteiger partial charge in [0.25, 0.3) is 0 Å². The molecule has 1 N–H and O–H groups in total. The van der Waals surface area contributed by atoms with Crippen molar-refractivity contribution in [2.24, 2.45) is 0 Å². The Bertz CT molecular complexity index is 1080. The molecule has 0 aliphatic heterocycles. The van der Waals surface area contributed by atoms with Crippen molar-refractivity contribution in [3.05, 3.63) is 81.1 Å². The first-order valence-corrected chi connectivity index (χ1v) is 6.98. The van der Waals surface area contributed by atoms with Gasteiger partial charge in [-0.2, -0.15) is 0 Å². The molecule has 25 heavy (non-hydrogen) atoms. The van der Waals surface area contributed by atoms with Crippen LogP contribution in [0, 0.1) is 23.3 Å². The van der Waals surface area contributed by atoms with E-state index in [2.05, 4.69) is 0 Å². The van der Waals surface area contributed by atoms with E-state index in [0.29, 0.717) is 6.07 Å². The van der Waals surface area contributed by atoms with E-state index in [0.717, 1.165) is 22.9 Å². The second kappa shape index (κ2) is 6.04. The first-order chi connectivity index (χ1) is 11.8. The third-order valence-corrected chi connectivity index (χ3v) is 3.76. The van der Waals surface area contributed by atoms with E-state index in [-0.39, 0.29) is 5.52 Å². The van der Waals surface area contributed by atoms with E-state index in [1.54, 1.807) is 0 Å². The molecule has 0 radical (unpaired) electrons. The Morgan fingerprint density at radius 3 is 2.36 bits per heavy atom. The van der Waals surface area contributed by atoms with Crippen molar-refractivity contribution >= 4 is 16.9 Å². The molecule has 0 unspecified atom stereocenters. The monoisotopic (exact) mass is 351 g/mol. The molecule has 2 aromatic carbocycles. The molecule has 1 aromatic heterocycles. The molecule has 0 atom stereocenters. The molecule has 0 saturated heterocycles. The minimum atomic E-state index is -1.62. The fourth-order valence-electron chi connectivity index (χ4n) is 2.56. The normalized spacial score (nSPS) is 11.0. The van der Waals surface area contributed by atoms with Crippen molar-refractivity contribution in [1.82, 2.24) is 4.57 Å². The van der Waals surface area contributed by atoms with Gasteiger partial charge in [0.2, 0.25) is 5.43 Å². The fraction of sp³-hybridized carbons (Fsp3) is 0.0588. The third kappa shape index (κ3) is 2.75. The lowest BCUT2D eigenvalue weighted by molar-refractivity contribution is 0.0695. The predicted octanol–water partition coefficient (Wildman–Crippen LogP) is 3.30. The standard InChI is InChI=1S/C17H9F4NO3/c18-10-4-5-12(20)15(21)8(10)6-22-7-9(17(24)25)16(23)14-11(19)2-1-3-13(14)22/h1-5,7H,6H2,(H,24,25). The Labute approximate surface area is 137 Å². The van der Waals surface area contributed by atoms with Gasteiger partial charge in [0, 0.05) is 11.8 Å². The Balaban J connectivity index is 2.33. The molecule has 128 valence electrons. The van der Waals surface area contributed by atoms with Crippen molar-refractivity contribution in [3.8, 4) is 0 Å². The van der Waals surface area contributed by atoms with Crippen LogP contribution in [0.4, 0.5) is 17.6 Å². The number of aromatic nitrogens is 1. The first kappa shape index (κ1) is 16.7. The van der Waals surface area contributed by atoms with E-state index < -0.39 is 57.7 Å². The Hall–Kier alpha value is -3.16. The molecule has 4 nitrogen and oxygen atoms in total. The number of halogens is 4. The molecule has 3 rings (SSSR count). The minimum Gasteiger partial charge on any atom is -0.477 e. The minimum absolute atomic E-state index is 0.0712. The van der Waals surface area contributed by atoms with Gasteiger partial charge in [0.1, 0.15) is 17.2 Å². The summed E-state index contributed by atoms with van der Waals surface area (Å²) < 4.78 is 56.1. The number of carbonyl (C=O) groups is 1. The van der Waals surface area contributed by atoms with E-state index in [1.165, 1.54) is 12.1 Å². The Kier molecular flexibility index (Phi) is 4.03. The van der Waals surface area contributed by atoms with Crippen LogP contribution in [0.15, 0.2) is 41.3 Å². The largest absolute Gasteiger partial charge is 0.477 e. The van der Waals surface area contributed by atoms with Crippen LogP contribution in [0.25, 0.3) is 10.9 Å². The molecule has 0 spiro atoms. The predicted molar refractivity (Wildman–Crippen MR) is 80.5 cm³/mol. The van der Waals surface area contributed by atoms with E-state index in [1.807, 2.05) is 0 Å². The SMILES string of the molecule is O=C(O)c1cn(Cc2c(F)ccc(F)c2F)c2cccc(F)c2c1=O. The summed E-state index contributed by atoms with van der Waals surface area (Å²) in [6, 6.07) is 4.84.